The van der Waals surface area contributed by atoms with E-state index in [4.69, 9.17) is 5.11 Å². The summed E-state index contributed by atoms with van der Waals surface area (Å²) >= 11 is 0. The summed E-state index contributed by atoms with van der Waals surface area (Å²) in [5.74, 6) is -0.611. The van der Waals surface area contributed by atoms with Gasteiger partial charge in [0.25, 0.3) is 0 Å². The molecule has 0 saturated heterocycles. The Balaban J connectivity index is 2.33. The lowest BCUT2D eigenvalue weighted by Gasteiger charge is -2.12. The Morgan fingerprint density at radius 1 is 1.32 bits per heavy atom. The predicted molar refractivity (Wildman–Crippen MR) is 69.1 cm³/mol. The number of aryl methyl sites for hydroxylation is 2. The van der Waals surface area contributed by atoms with Gasteiger partial charge in [0.05, 0.1) is 12.1 Å². The lowest BCUT2D eigenvalue weighted by atomic mass is 10.00. The van der Waals surface area contributed by atoms with Gasteiger partial charge < -0.3 is 5.11 Å². The summed E-state index contributed by atoms with van der Waals surface area (Å²) in [5, 5.41) is 20.0. The number of hydrogen-bond acceptors (Lipinski definition) is 4. The number of carboxylic acids is 1. The summed E-state index contributed by atoms with van der Waals surface area (Å²) in [4.78, 5) is 11.8. The Bertz CT molecular complexity index is 682. The zero-order chi connectivity index (χ0) is 16.3. The molecular formula is C13H13F3N4O2. The molecule has 0 bridgehead atoms. The second kappa shape index (κ2) is 6.12. The van der Waals surface area contributed by atoms with Crippen molar-refractivity contribution in [3.05, 3.63) is 40.7 Å². The topological polar surface area (TPSA) is 80.9 Å². The number of hydrogen-bond donors (Lipinski definition) is 1. The second-order valence-corrected chi connectivity index (χ2v) is 4.74. The number of aromatic nitrogens is 4. The zero-order valence-electron chi connectivity index (χ0n) is 11.6. The molecular weight excluding hydrogens is 301 g/mol. The van der Waals surface area contributed by atoms with Gasteiger partial charge in [-0.1, -0.05) is 6.07 Å². The molecule has 22 heavy (non-hydrogen) atoms. The minimum Gasteiger partial charge on any atom is -0.481 e. The highest BCUT2D eigenvalue weighted by molar-refractivity contribution is 5.67. The van der Waals surface area contributed by atoms with E-state index in [-0.39, 0.29) is 19.4 Å². The van der Waals surface area contributed by atoms with Crippen LogP contribution >= 0.6 is 0 Å². The van der Waals surface area contributed by atoms with Crippen LogP contribution in [0.4, 0.5) is 13.2 Å². The molecule has 2 aromatic rings. The van der Waals surface area contributed by atoms with Crippen LogP contribution < -0.4 is 0 Å². The molecule has 9 heteroatoms. The van der Waals surface area contributed by atoms with Gasteiger partial charge in [-0.25, -0.2) is 0 Å². The summed E-state index contributed by atoms with van der Waals surface area (Å²) in [7, 11) is 0. The number of aliphatic carboxylic acids is 1. The Kier molecular flexibility index (Phi) is 4.43. The van der Waals surface area contributed by atoms with E-state index in [0.717, 1.165) is 12.1 Å². The molecule has 6 nitrogen and oxygen atoms in total. The number of halogens is 3. The van der Waals surface area contributed by atoms with Gasteiger partial charge in [-0.15, -0.1) is 10.2 Å². The van der Waals surface area contributed by atoms with Gasteiger partial charge in [0.15, 0.2) is 5.82 Å². The first-order chi connectivity index (χ1) is 10.3. The number of nitrogens with zero attached hydrogens (tertiary/aromatic N) is 4. The first kappa shape index (κ1) is 15.9. The average Bonchev–Trinajstić information content (AvgIpc) is 2.81. The normalized spacial score (nSPS) is 11.6. The Hall–Kier alpha value is -2.45. The molecule has 118 valence electrons. The third kappa shape index (κ3) is 4.03. The maximum atomic E-state index is 12.8. The minimum absolute atomic E-state index is 0.000285. The summed E-state index contributed by atoms with van der Waals surface area (Å²) in [6.45, 7) is 1.61. The van der Waals surface area contributed by atoms with Crippen molar-refractivity contribution in [2.45, 2.75) is 32.5 Å². The van der Waals surface area contributed by atoms with E-state index in [1.54, 1.807) is 6.92 Å². The van der Waals surface area contributed by atoms with Crippen LogP contribution in [0, 0.1) is 6.92 Å². The Morgan fingerprint density at radius 2 is 2.05 bits per heavy atom. The molecule has 1 aromatic carbocycles. The summed E-state index contributed by atoms with van der Waals surface area (Å²) in [6.07, 6.45) is -4.50. The molecule has 2 rings (SSSR count). The highest BCUT2D eigenvalue weighted by atomic mass is 19.4. The first-order valence-corrected chi connectivity index (χ1v) is 6.41. The third-order valence-corrected chi connectivity index (χ3v) is 3.01. The van der Waals surface area contributed by atoms with Crippen LogP contribution in [0.2, 0.25) is 0 Å². The molecule has 0 radical (unpaired) electrons. The molecule has 0 amide bonds. The number of benzene rings is 1. The average molecular weight is 314 g/mol. The van der Waals surface area contributed by atoms with Gasteiger partial charge in [0.2, 0.25) is 0 Å². The molecule has 0 atom stereocenters. The zero-order valence-corrected chi connectivity index (χ0v) is 11.6. The predicted octanol–water partition coefficient (Wildman–Crippen LogP) is 2.07. The number of carboxylic acid groups (broad SMARTS) is 1. The molecule has 0 aliphatic rings. The van der Waals surface area contributed by atoms with Crippen LogP contribution in [-0.4, -0.2) is 31.3 Å². The van der Waals surface area contributed by atoms with Crippen LogP contribution in [0.1, 0.15) is 28.9 Å². The van der Waals surface area contributed by atoms with Crippen LogP contribution in [0.3, 0.4) is 0 Å². The van der Waals surface area contributed by atoms with E-state index in [9.17, 15) is 18.0 Å². The molecule has 0 unspecified atom stereocenters. The SMILES string of the molecule is Cc1nnn(Cc2cc(C(F)(F)F)ccc2CCC(=O)O)n1. The van der Waals surface area contributed by atoms with Crippen LogP contribution in [0.25, 0.3) is 0 Å². The largest absolute Gasteiger partial charge is 0.481 e. The van der Waals surface area contributed by atoms with Crippen molar-refractivity contribution in [2.24, 2.45) is 0 Å². The summed E-state index contributed by atoms with van der Waals surface area (Å²) < 4.78 is 38.4. The molecule has 0 aliphatic carbocycles. The monoisotopic (exact) mass is 314 g/mol. The van der Waals surface area contributed by atoms with Crippen LogP contribution in [0.5, 0.6) is 0 Å². The Morgan fingerprint density at radius 3 is 2.59 bits per heavy atom. The van der Waals surface area contributed by atoms with Crippen molar-refractivity contribution >= 4 is 5.97 Å². The van der Waals surface area contributed by atoms with E-state index in [0.29, 0.717) is 17.0 Å². The fourth-order valence-corrected chi connectivity index (χ4v) is 1.98. The van der Waals surface area contributed by atoms with Gasteiger partial charge in [-0.2, -0.15) is 18.0 Å². The summed E-state index contributed by atoms with van der Waals surface area (Å²) in [6, 6.07) is 3.24. The van der Waals surface area contributed by atoms with E-state index in [1.807, 2.05) is 0 Å². The van der Waals surface area contributed by atoms with Crippen LogP contribution in [0.15, 0.2) is 18.2 Å². The van der Waals surface area contributed by atoms with Crippen LogP contribution in [-0.2, 0) is 23.9 Å². The van der Waals surface area contributed by atoms with Crippen molar-refractivity contribution in [3.8, 4) is 0 Å². The van der Waals surface area contributed by atoms with Crippen molar-refractivity contribution in [3.63, 3.8) is 0 Å². The number of carbonyl (C=O) groups is 1. The molecule has 0 saturated carbocycles. The standard InChI is InChI=1S/C13H13F3N4O2/c1-8-17-19-20(18-8)7-10-6-11(13(14,15)16)4-2-9(10)3-5-12(21)22/h2,4,6H,3,5,7H2,1H3,(H,21,22). The molecule has 0 fully saturated rings. The van der Waals surface area contributed by atoms with Crippen molar-refractivity contribution in [1.82, 2.24) is 20.2 Å². The van der Waals surface area contributed by atoms with Gasteiger partial charge in [0.1, 0.15) is 0 Å². The van der Waals surface area contributed by atoms with Crippen molar-refractivity contribution < 1.29 is 23.1 Å². The molecule has 0 aliphatic heterocycles. The van der Waals surface area contributed by atoms with E-state index in [2.05, 4.69) is 15.4 Å². The quantitative estimate of drug-likeness (QED) is 0.913. The third-order valence-electron chi connectivity index (χ3n) is 3.01. The highest BCUT2D eigenvalue weighted by Gasteiger charge is 2.31. The molecule has 1 aromatic heterocycles. The van der Waals surface area contributed by atoms with Crippen molar-refractivity contribution in [1.29, 1.82) is 0 Å². The molecule has 1 heterocycles. The lowest BCUT2D eigenvalue weighted by Crippen LogP contribution is -2.11. The highest BCUT2D eigenvalue weighted by Crippen LogP contribution is 2.31. The second-order valence-electron chi connectivity index (χ2n) is 4.74. The molecule has 0 spiro atoms. The minimum atomic E-state index is -4.47. The van der Waals surface area contributed by atoms with Gasteiger partial charge in [-0.05, 0) is 41.8 Å². The number of rotatable bonds is 5. The smallest absolute Gasteiger partial charge is 0.416 e. The van der Waals surface area contributed by atoms with E-state index < -0.39 is 17.7 Å². The van der Waals surface area contributed by atoms with E-state index >= 15 is 0 Å². The molecule has 1 N–H and O–H groups in total. The first-order valence-electron chi connectivity index (χ1n) is 6.41. The van der Waals surface area contributed by atoms with E-state index in [1.165, 1.54) is 10.9 Å². The lowest BCUT2D eigenvalue weighted by molar-refractivity contribution is -0.138. The number of tetrazole rings is 1. The van der Waals surface area contributed by atoms with Gasteiger partial charge in [-0.3, -0.25) is 4.79 Å². The van der Waals surface area contributed by atoms with Crippen molar-refractivity contribution in [2.75, 3.05) is 0 Å². The summed E-state index contributed by atoms with van der Waals surface area (Å²) in [5.41, 5.74) is 0.0530. The van der Waals surface area contributed by atoms with Gasteiger partial charge in [0, 0.05) is 6.42 Å². The fourth-order valence-electron chi connectivity index (χ4n) is 1.98. The number of alkyl halides is 3. The maximum Gasteiger partial charge on any atom is 0.416 e. The van der Waals surface area contributed by atoms with Gasteiger partial charge >= 0.3 is 12.1 Å². The maximum absolute atomic E-state index is 12.8. The fraction of sp³-hybridized carbons (Fsp3) is 0.385. The Labute approximate surface area is 123 Å².